The SMILES string of the molecule is O=c1ccn(C2CN3CCC2CC3)c(=S)[nH]1. The van der Waals surface area contributed by atoms with E-state index in [1.807, 2.05) is 6.20 Å². The second-order valence-corrected chi connectivity index (χ2v) is 5.11. The van der Waals surface area contributed by atoms with E-state index in [9.17, 15) is 4.79 Å². The van der Waals surface area contributed by atoms with Crippen LogP contribution in [0, 0.1) is 10.7 Å². The molecule has 0 amide bonds. The number of aromatic amines is 1. The zero-order valence-corrected chi connectivity index (χ0v) is 9.87. The van der Waals surface area contributed by atoms with Crippen LogP contribution in [0.2, 0.25) is 0 Å². The zero-order chi connectivity index (χ0) is 11.1. The fraction of sp³-hybridized carbons (Fsp3) is 0.636. The predicted molar refractivity (Wildman–Crippen MR) is 64.1 cm³/mol. The molecule has 4 nitrogen and oxygen atoms in total. The van der Waals surface area contributed by atoms with Gasteiger partial charge >= 0.3 is 0 Å². The highest BCUT2D eigenvalue weighted by molar-refractivity contribution is 7.71. The van der Waals surface area contributed by atoms with Crippen LogP contribution in [-0.4, -0.2) is 34.1 Å². The monoisotopic (exact) mass is 237 g/mol. The first-order valence-corrected chi connectivity index (χ1v) is 6.19. The number of nitrogens with zero attached hydrogens (tertiary/aromatic N) is 2. The molecule has 86 valence electrons. The molecule has 1 aromatic rings. The molecule has 0 spiro atoms. The quantitative estimate of drug-likeness (QED) is 0.746. The minimum atomic E-state index is -0.109. The fourth-order valence-electron chi connectivity index (χ4n) is 2.94. The molecule has 0 aromatic carbocycles. The van der Waals surface area contributed by atoms with Crippen LogP contribution in [0.3, 0.4) is 0 Å². The highest BCUT2D eigenvalue weighted by Crippen LogP contribution is 2.35. The van der Waals surface area contributed by atoms with Crippen LogP contribution in [0.15, 0.2) is 17.1 Å². The molecule has 3 fully saturated rings. The first-order chi connectivity index (χ1) is 7.74. The van der Waals surface area contributed by atoms with Crippen molar-refractivity contribution in [1.82, 2.24) is 14.5 Å². The average molecular weight is 237 g/mol. The molecule has 4 heterocycles. The van der Waals surface area contributed by atoms with Gasteiger partial charge < -0.3 is 9.47 Å². The van der Waals surface area contributed by atoms with Crippen molar-refractivity contribution >= 4 is 12.2 Å². The summed E-state index contributed by atoms with van der Waals surface area (Å²) in [5, 5.41) is 0. The van der Waals surface area contributed by atoms with Crippen LogP contribution in [0.25, 0.3) is 0 Å². The number of hydrogen-bond acceptors (Lipinski definition) is 3. The number of H-pyrrole nitrogens is 1. The molecule has 4 rings (SSSR count). The Morgan fingerprint density at radius 2 is 2.12 bits per heavy atom. The Kier molecular flexibility index (Phi) is 2.44. The van der Waals surface area contributed by atoms with Crippen molar-refractivity contribution in [1.29, 1.82) is 0 Å². The standard InChI is InChI=1S/C11H15N3OS/c15-10-3-6-14(11(16)12-10)9-7-13-4-1-8(9)2-5-13/h3,6,8-9H,1-2,4-5,7H2,(H,12,15,16). The maximum absolute atomic E-state index is 11.1. The summed E-state index contributed by atoms with van der Waals surface area (Å²) in [4.78, 5) is 16.3. The third-order valence-electron chi connectivity index (χ3n) is 3.83. The van der Waals surface area contributed by atoms with E-state index in [2.05, 4.69) is 14.5 Å². The summed E-state index contributed by atoms with van der Waals surface area (Å²) >= 11 is 5.22. The Hall–Kier alpha value is -0.940. The Bertz CT molecular complexity index is 498. The molecular formula is C11H15N3OS. The van der Waals surface area contributed by atoms with Crippen molar-refractivity contribution in [2.24, 2.45) is 5.92 Å². The van der Waals surface area contributed by atoms with Gasteiger partial charge in [-0.2, -0.15) is 0 Å². The minimum Gasteiger partial charge on any atom is -0.321 e. The van der Waals surface area contributed by atoms with Crippen molar-refractivity contribution in [2.45, 2.75) is 18.9 Å². The van der Waals surface area contributed by atoms with Crippen LogP contribution < -0.4 is 5.56 Å². The molecule has 3 aliphatic rings. The Morgan fingerprint density at radius 3 is 2.69 bits per heavy atom. The lowest BCUT2D eigenvalue weighted by atomic mass is 9.84. The molecule has 0 saturated carbocycles. The van der Waals surface area contributed by atoms with Crippen molar-refractivity contribution < 1.29 is 0 Å². The summed E-state index contributed by atoms with van der Waals surface area (Å²) in [6.07, 6.45) is 4.35. The predicted octanol–water partition coefficient (Wildman–Crippen LogP) is 1.17. The molecule has 3 aliphatic heterocycles. The van der Waals surface area contributed by atoms with Gasteiger partial charge in [0.25, 0.3) is 5.56 Å². The van der Waals surface area contributed by atoms with Gasteiger partial charge in [-0.05, 0) is 44.1 Å². The second-order valence-electron chi connectivity index (χ2n) is 4.72. The lowest BCUT2D eigenvalue weighted by molar-refractivity contribution is 0.0556. The summed E-state index contributed by atoms with van der Waals surface area (Å²) < 4.78 is 2.62. The molecule has 3 saturated heterocycles. The molecule has 2 bridgehead atoms. The highest BCUT2D eigenvalue weighted by Gasteiger charge is 2.34. The molecule has 1 unspecified atom stereocenters. The second kappa shape index (κ2) is 3.82. The van der Waals surface area contributed by atoms with Crippen LogP contribution in [0.4, 0.5) is 0 Å². The minimum absolute atomic E-state index is 0.109. The maximum Gasteiger partial charge on any atom is 0.251 e. The van der Waals surface area contributed by atoms with Gasteiger partial charge in [-0.1, -0.05) is 0 Å². The number of rotatable bonds is 1. The molecule has 16 heavy (non-hydrogen) atoms. The van der Waals surface area contributed by atoms with Gasteiger partial charge in [0, 0.05) is 18.8 Å². The van der Waals surface area contributed by atoms with E-state index in [1.54, 1.807) is 6.07 Å². The molecule has 0 radical (unpaired) electrons. The van der Waals surface area contributed by atoms with Gasteiger partial charge in [-0.15, -0.1) is 0 Å². The molecular weight excluding hydrogens is 222 g/mol. The van der Waals surface area contributed by atoms with Gasteiger partial charge in [0.2, 0.25) is 0 Å². The maximum atomic E-state index is 11.1. The Morgan fingerprint density at radius 1 is 1.38 bits per heavy atom. The molecule has 5 heteroatoms. The van der Waals surface area contributed by atoms with Gasteiger partial charge in [-0.3, -0.25) is 9.78 Å². The van der Waals surface area contributed by atoms with E-state index in [0.29, 0.717) is 10.8 Å². The summed E-state index contributed by atoms with van der Waals surface area (Å²) in [5.41, 5.74) is -0.109. The molecule has 1 N–H and O–H groups in total. The third kappa shape index (κ3) is 1.64. The molecule has 1 atom stereocenters. The highest BCUT2D eigenvalue weighted by atomic mass is 32.1. The van der Waals surface area contributed by atoms with E-state index in [-0.39, 0.29) is 5.56 Å². The van der Waals surface area contributed by atoms with Gasteiger partial charge in [0.05, 0.1) is 6.04 Å². The van der Waals surface area contributed by atoms with Crippen molar-refractivity contribution in [2.75, 3.05) is 19.6 Å². The van der Waals surface area contributed by atoms with Crippen molar-refractivity contribution in [3.63, 3.8) is 0 Å². The smallest absolute Gasteiger partial charge is 0.251 e. The number of nitrogens with one attached hydrogen (secondary N) is 1. The topological polar surface area (TPSA) is 41.0 Å². The first-order valence-electron chi connectivity index (χ1n) is 5.78. The fourth-order valence-corrected chi connectivity index (χ4v) is 3.23. The Balaban J connectivity index is 1.98. The van der Waals surface area contributed by atoms with Crippen molar-refractivity contribution in [3.05, 3.63) is 27.4 Å². The lowest BCUT2D eigenvalue weighted by Gasteiger charge is -2.45. The lowest BCUT2D eigenvalue weighted by Crippen LogP contribution is -2.48. The van der Waals surface area contributed by atoms with E-state index in [0.717, 1.165) is 12.5 Å². The zero-order valence-electron chi connectivity index (χ0n) is 9.06. The number of aromatic nitrogens is 2. The summed E-state index contributed by atoms with van der Waals surface area (Å²) in [6, 6.07) is 2.01. The molecule has 1 aromatic heterocycles. The normalized spacial score (nSPS) is 32.9. The van der Waals surface area contributed by atoms with Crippen LogP contribution in [0.1, 0.15) is 18.9 Å². The summed E-state index contributed by atoms with van der Waals surface area (Å²) in [6.45, 7) is 3.51. The Labute approximate surface area is 98.9 Å². The van der Waals surface area contributed by atoms with Crippen LogP contribution in [-0.2, 0) is 0 Å². The van der Waals surface area contributed by atoms with Crippen molar-refractivity contribution in [3.8, 4) is 0 Å². The van der Waals surface area contributed by atoms with E-state index in [1.165, 1.54) is 25.9 Å². The van der Waals surface area contributed by atoms with E-state index < -0.39 is 0 Å². The van der Waals surface area contributed by atoms with Crippen LogP contribution in [0.5, 0.6) is 0 Å². The van der Waals surface area contributed by atoms with Gasteiger partial charge in [-0.25, -0.2) is 0 Å². The first kappa shape index (κ1) is 10.2. The van der Waals surface area contributed by atoms with Gasteiger partial charge in [0.1, 0.15) is 0 Å². The average Bonchev–Trinajstić information content (AvgIpc) is 2.30. The van der Waals surface area contributed by atoms with E-state index >= 15 is 0 Å². The summed E-state index contributed by atoms with van der Waals surface area (Å²) in [5.74, 6) is 0.725. The number of hydrogen-bond donors (Lipinski definition) is 1. The molecule has 0 aliphatic carbocycles. The van der Waals surface area contributed by atoms with Crippen LogP contribution >= 0.6 is 12.2 Å². The van der Waals surface area contributed by atoms with Gasteiger partial charge in [0.15, 0.2) is 4.77 Å². The largest absolute Gasteiger partial charge is 0.321 e. The number of piperidine rings is 3. The third-order valence-corrected chi connectivity index (χ3v) is 4.14. The van der Waals surface area contributed by atoms with E-state index in [4.69, 9.17) is 12.2 Å². The number of fused-ring (bicyclic) bond motifs is 3. The summed E-state index contributed by atoms with van der Waals surface area (Å²) in [7, 11) is 0.